The molecule has 3 nitrogen and oxygen atoms in total. The summed E-state index contributed by atoms with van der Waals surface area (Å²) in [7, 11) is 0. The van der Waals surface area contributed by atoms with Crippen molar-refractivity contribution < 1.29 is 4.79 Å². The van der Waals surface area contributed by atoms with Crippen molar-refractivity contribution in [1.29, 1.82) is 0 Å². The van der Waals surface area contributed by atoms with Crippen molar-refractivity contribution in [2.75, 3.05) is 5.32 Å². The van der Waals surface area contributed by atoms with Gasteiger partial charge in [0.15, 0.2) is 0 Å². The molecule has 0 atom stereocenters. The van der Waals surface area contributed by atoms with E-state index in [-0.39, 0.29) is 16.2 Å². The van der Waals surface area contributed by atoms with E-state index in [1.54, 1.807) is 11.3 Å². The number of hydrogen-bond acceptors (Lipinski definition) is 3. The van der Waals surface area contributed by atoms with E-state index in [0.717, 1.165) is 16.1 Å². The predicted molar refractivity (Wildman–Crippen MR) is 92.0 cm³/mol. The summed E-state index contributed by atoms with van der Waals surface area (Å²) in [6.07, 6.45) is 0. The van der Waals surface area contributed by atoms with Crippen LogP contribution in [-0.2, 0) is 0 Å². The Bertz CT molecular complexity index is 799. The maximum Gasteiger partial charge on any atom is 0.255 e. The van der Waals surface area contributed by atoms with Gasteiger partial charge >= 0.3 is 0 Å². The van der Waals surface area contributed by atoms with Crippen LogP contribution in [-0.4, -0.2) is 10.9 Å². The minimum atomic E-state index is -0.282. The van der Waals surface area contributed by atoms with Gasteiger partial charge in [-0.2, -0.15) is 0 Å². The normalized spacial score (nSPS) is 10.5. The maximum absolute atomic E-state index is 12.4. The smallest absolute Gasteiger partial charge is 0.255 e. The second kappa shape index (κ2) is 6.48. The molecule has 0 radical (unpaired) electrons. The average Bonchev–Trinajstić information content (AvgIpc) is 3.01. The highest BCUT2D eigenvalue weighted by Crippen LogP contribution is 2.31. The van der Waals surface area contributed by atoms with Crippen LogP contribution in [0.25, 0.3) is 10.4 Å². The first-order chi connectivity index (χ1) is 10.6. The summed E-state index contributed by atoms with van der Waals surface area (Å²) < 4.78 is 0. The van der Waals surface area contributed by atoms with Gasteiger partial charge in [0.2, 0.25) is 0 Å². The lowest BCUT2D eigenvalue weighted by Gasteiger charge is -2.10. The van der Waals surface area contributed by atoms with E-state index in [9.17, 15) is 4.79 Å². The summed E-state index contributed by atoms with van der Waals surface area (Å²) in [5.41, 5.74) is 2.07. The highest BCUT2D eigenvalue weighted by Gasteiger charge is 2.12. The fourth-order valence-corrected chi connectivity index (χ4v) is 3.26. The molecule has 0 saturated carbocycles. The number of amides is 1. The Balaban J connectivity index is 1.92. The van der Waals surface area contributed by atoms with Gasteiger partial charge in [0, 0.05) is 21.7 Å². The molecule has 2 aromatic heterocycles. The van der Waals surface area contributed by atoms with E-state index in [1.807, 2.05) is 41.8 Å². The van der Waals surface area contributed by atoms with Gasteiger partial charge in [-0.3, -0.25) is 4.79 Å². The van der Waals surface area contributed by atoms with Crippen molar-refractivity contribution in [2.45, 2.75) is 0 Å². The van der Waals surface area contributed by atoms with Crippen molar-refractivity contribution in [1.82, 2.24) is 4.98 Å². The largest absolute Gasteiger partial charge is 0.321 e. The summed E-state index contributed by atoms with van der Waals surface area (Å²) in [5.74, 6) is -0.282. The van der Waals surface area contributed by atoms with E-state index in [4.69, 9.17) is 23.2 Å². The van der Waals surface area contributed by atoms with Gasteiger partial charge in [0.25, 0.3) is 5.91 Å². The van der Waals surface area contributed by atoms with Gasteiger partial charge in [0.1, 0.15) is 10.3 Å². The molecule has 1 amide bonds. The van der Waals surface area contributed by atoms with Crippen LogP contribution in [0.2, 0.25) is 10.3 Å². The first kappa shape index (κ1) is 15.0. The van der Waals surface area contributed by atoms with Gasteiger partial charge in [-0.25, -0.2) is 4.98 Å². The van der Waals surface area contributed by atoms with Crippen LogP contribution in [0.1, 0.15) is 10.4 Å². The molecule has 110 valence electrons. The zero-order valence-electron chi connectivity index (χ0n) is 11.2. The van der Waals surface area contributed by atoms with Crippen LogP contribution in [0, 0.1) is 0 Å². The topological polar surface area (TPSA) is 42.0 Å². The van der Waals surface area contributed by atoms with Crippen LogP contribution in [0.3, 0.4) is 0 Å². The number of halogens is 2. The van der Waals surface area contributed by atoms with Gasteiger partial charge in [-0.05, 0) is 29.6 Å². The Morgan fingerprint density at radius 1 is 1.05 bits per heavy atom. The first-order valence-electron chi connectivity index (χ1n) is 6.41. The molecule has 0 aliphatic carbocycles. The van der Waals surface area contributed by atoms with Crippen molar-refractivity contribution in [2.24, 2.45) is 0 Å². The molecule has 3 rings (SSSR count). The zero-order valence-corrected chi connectivity index (χ0v) is 13.5. The zero-order chi connectivity index (χ0) is 15.5. The second-order valence-corrected chi connectivity index (χ2v) is 6.20. The predicted octanol–water partition coefficient (Wildman–Crippen LogP) is 5.37. The van der Waals surface area contributed by atoms with Crippen LogP contribution >= 0.6 is 34.5 Å². The monoisotopic (exact) mass is 348 g/mol. The molecule has 0 saturated heterocycles. The van der Waals surface area contributed by atoms with E-state index in [0.29, 0.717) is 5.56 Å². The fraction of sp³-hybridized carbons (Fsp3) is 0. The molecule has 6 heteroatoms. The van der Waals surface area contributed by atoms with Gasteiger partial charge < -0.3 is 5.32 Å². The molecule has 1 N–H and O–H groups in total. The first-order valence-corrected chi connectivity index (χ1v) is 8.04. The third-order valence-electron chi connectivity index (χ3n) is 2.99. The molecule has 0 fully saturated rings. The quantitative estimate of drug-likeness (QED) is 0.646. The number of pyridine rings is 1. The molecular formula is C16H10Cl2N2OS. The molecular weight excluding hydrogens is 339 g/mol. The van der Waals surface area contributed by atoms with E-state index < -0.39 is 0 Å². The number of carbonyl (C=O) groups excluding carboxylic acids is 1. The summed E-state index contributed by atoms with van der Waals surface area (Å²) in [6, 6.07) is 14.6. The summed E-state index contributed by atoms with van der Waals surface area (Å²) >= 11 is 13.3. The number of nitrogens with zero attached hydrogens (tertiary/aromatic N) is 1. The lowest BCUT2D eigenvalue weighted by atomic mass is 10.1. The molecule has 0 bridgehead atoms. The number of nitrogens with one attached hydrogen (secondary N) is 1. The SMILES string of the molecule is O=C(Nc1ccccc1-c1cccs1)c1cc(Cl)nc(Cl)c1. The maximum atomic E-state index is 12.4. The lowest BCUT2D eigenvalue weighted by Crippen LogP contribution is -2.12. The van der Waals surface area contributed by atoms with Crippen molar-refractivity contribution in [3.05, 3.63) is 69.8 Å². The minimum Gasteiger partial charge on any atom is -0.321 e. The van der Waals surface area contributed by atoms with E-state index in [2.05, 4.69) is 10.3 Å². The number of rotatable bonds is 3. The molecule has 0 unspecified atom stereocenters. The summed E-state index contributed by atoms with van der Waals surface area (Å²) in [6.45, 7) is 0. The number of benzene rings is 1. The molecule has 2 heterocycles. The van der Waals surface area contributed by atoms with Crippen molar-refractivity contribution in [3.63, 3.8) is 0 Å². The average molecular weight is 349 g/mol. The van der Waals surface area contributed by atoms with Crippen molar-refractivity contribution in [3.8, 4) is 10.4 Å². The number of para-hydroxylation sites is 1. The molecule has 3 aromatic rings. The van der Waals surface area contributed by atoms with Crippen molar-refractivity contribution >= 4 is 46.1 Å². The molecule has 22 heavy (non-hydrogen) atoms. The lowest BCUT2D eigenvalue weighted by molar-refractivity contribution is 0.102. The van der Waals surface area contributed by atoms with Crippen LogP contribution in [0.15, 0.2) is 53.9 Å². The Kier molecular flexibility index (Phi) is 4.43. The molecule has 0 spiro atoms. The summed E-state index contributed by atoms with van der Waals surface area (Å²) in [4.78, 5) is 17.3. The number of carbonyl (C=O) groups is 1. The number of thiophene rings is 1. The number of anilines is 1. The van der Waals surface area contributed by atoms with E-state index >= 15 is 0 Å². The van der Waals surface area contributed by atoms with Crippen LogP contribution < -0.4 is 5.32 Å². The highest BCUT2D eigenvalue weighted by atomic mass is 35.5. The minimum absolute atomic E-state index is 0.184. The van der Waals surface area contributed by atoms with Gasteiger partial charge in [-0.1, -0.05) is 47.5 Å². The van der Waals surface area contributed by atoms with E-state index in [1.165, 1.54) is 12.1 Å². The van der Waals surface area contributed by atoms with Gasteiger partial charge in [-0.15, -0.1) is 11.3 Å². The number of aromatic nitrogens is 1. The fourth-order valence-electron chi connectivity index (χ4n) is 2.03. The number of hydrogen-bond donors (Lipinski definition) is 1. The summed E-state index contributed by atoms with van der Waals surface area (Å²) in [5, 5.41) is 5.26. The van der Waals surface area contributed by atoms with Gasteiger partial charge in [0.05, 0.1) is 0 Å². The molecule has 1 aromatic carbocycles. The van der Waals surface area contributed by atoms with Crippen LogP contribution in [0.4, 0.5) is 5.69 Å². The highest BCUT2D eigenvalue weighted by molar-refractivity contribution is 7.13. The molecule has 0 aliphatic rings. The Hall–Kier alpha value is -1.88. The Morgan fingerprint density at radius 3 is 2.45 bits per heavy atom. The Morgan fingerprint density at radius 2 is 1.77 bits per heavy atom. The Labute approximate surface area is 141 Å². The second-order valence-electron chi connectivity index (χ2n) is 4.48. The third-order valence-corrected chi connectivity index (χ3v) is 4.28. The van der Waals surface area contributed by atoms with Crippen LogP contribution in [0.5, 0.6) is 0 Å². The standard InChI is InChI=1S/C16H10Cl2N2OS/c17-14-8-10(9-15(18)20-14)16(21)19-12-5-2-1-4-11(12)13-6-3-7-22-13/h1-9H,(H,19,21). The molecule has 0 aliphatic heterocycles. The third kappa shape index (κ3) is 3.30.